The van der Waals surface area contributed by atoms with Crippen LogP contribution in [-0.4, -0.2) is 36.8 Å². The van der Waals surface area contributed by atoms with Crippen LogP contribution in [0.4, 0.5) is 10.5 Å². The Morgan fingerprint density at radius 2 is 2.05 bits per heavy atom. The summed E-state index contributed by atoms with van der Waals surface area (Å²) in [7, 11) is 0. The van der Waals surface area contributed by atoms with Gasteiger partial charge in [0.15, 0.2) is 0 Å². The van der Waals surface area contributed by atoms with Crippen molar-refractivity contribution in [1.82, 2.24) is 20.0 Å². The Morgan fingerprint density at radius 1 is 1.32 bits per heavy atom. The first-order valence-corrected chi connectivity index (χ1v) is 7.00. The molecule has 2 aromatic heterocycles. The molecule has 0 spiro atoms. The lowest BCUT2D eigenvalue weighted by atomic mass is 10.1. The van der Waals surface area contributed by atoms with Crippen LogP contribution < -0.4 is 4.90 Å². The summed E-state index contributed by atoms with van der Waals surface area (Å²) in [6.45, 7) is 5.44. The summed E-state index contributed by atoms with van der Waals surface area (Å²) in [4.78, 5) is 13.0. The fourth-order valence-corrected chi connectivity index (χ4v) is 2.63. The molecule has 0 unspecified atom stereocenters. The van der Waals surface area contributed by atoms with Gasteiger partial charge in [-0.15, -0.1) is 5.10 Å². The molecule has 3 aromatic rings. The van der Waals surface area contributed by atoms with E-state index in [1.807, 2.05) is 26.8 Å². The molecule has 2 heterocycles. The van der Waals surface area contributed by atoms with Gasteiger partial charge in [0.05, 0.1) is 11.2 Å². The van der Waals surface area contributed by atoms with Gasteiger partial charge in [-0.1, -0.05) is 17.7 Å². The number of aromatic nitrogens is 4. The second kappa shape index (κ2) is 4.81. The third-order valence-corrected chi connectivity index (χ3v) is 3.55. The second-order valence-corrected chi connectivity index (χ2v) is 6.37. The molecule has 114 valence electrons. The zero-order valence-electron chi connectivity index (χ0n) is 12.3. The highest BCUT2D eigenvalue weighted by molar-refractivity contribution is 6.31. The Balaban J connectivity index is 2.40. The SMILES string of the molecule is CC(C)(C)N(C(=O)O)c1cc2ccc(Cl)cc2n2nnnc12. The number of anilines is 1. The van der Waals surface area contributed by atoms with Gasteiger partial charge in [-0.25, -0.2) is 4.79 Å². The summed E-state index contributed by atoms with van der Waals surface area (Å²) in [6.07, 6.45) is -1.06. The van der Waals surface area contributed by atoms with Crippen molar-refractivity contribution in [2.24, 2.45) is 0 Å². The second-order valence-electron chi connectivity index (χ2n) is 5.94. The summed E-state index contributed by atoms with van der Waals surface area (Å²) in [5.74, 6) is 0. The van der Waals surface area contributed by atoms with Crippen molar-refractivity contribution < 1.29 is 9.90 Å². The number of carboxylic acid groups (broad SMARTS) is 1. The van der Waals surface area contributed by atoms with Crippen molar-refractivity contribution in [1.29, 1.82) is 0 Å². The monoisotopic (exact) mass is 319 g/mol. The third kappa shape index (κ3) is 2.23. The number of benzene rings is 1. The number of amides is 1. The van der Waals surface area contributed by atoms with Gasteiger partial charge in [-0.3, -0.25) is 4.90 Å². The molecule has 0 radical (unpaired) electrons. The van der Waals surface area contributed by atoms with Crippen LogP contribution in [0.5, 0.6) is 0 Å². The van der Waals surface area contributed by atoms with Crippen molar-refractivity contribution in [2.45, 2.75) is 26.3 Å². The topological polar surface area (TPSA) is 83.6 Å². The molecule has 0 fully saturated rings. The maximum absolute atomic E-state index is 11.7. The third-order valence-electron chi connectivity index (χ3n) is 3.31. The first kappa shape index (κ1) is 14.5. The minimum absolute atomic E-state index is 0.368. The Labute approximate surface area is 131 Å². The average molecular weight is 320 g/mol. The van der Waals surface area contributed by atoms with E-state index < -0.39 is 11.6 Å². The lowest BCUT2D eigenvalue weighted by Crippen LogP contribution is -2.45. The minimum Gasteiger partial charge on any atom is -0.465 e. The fraction of sp³-hybridized carbons (Fsp3) is 0.286. The van der Waals surface area contributed by atoms with E-state index >= 15 is 0 Å². The lowest BCUT2D eigenvalue weighted by molar-refractivity contribution is 0.195. The van der Waals surface area contributed by atoms with Crippen LogP contribution in [0.1, 0.15) is 20.8 Å². The zero-order chi connectivity index (χ0) is 16.1. The summed E-state index contributed by atoms with van der Waals surface area (Å²) in [5.41, 5.74) is 0.876. The molecule has 8 heteroatoms. The predicted octanol–water partition coefficient (Wildman–Crippen LogP) is 3.21. The van der Waals surface area contributed by atoms with Crippen LogP contribution in [0.2, 0.25) is 5.02 Å². The van der Waals surface area contributed by atoms with Gasteiger partial charge >= 0.3 is 6.09 Å². The number of hydrogen-bond acceptors (Lipinski definition) is 4. The van der Waals surface area contributed by atoms with Gasteiger partial charge in [0.1, 0.15) is 0 Å². The first-order chi connectivity index (χ1) is 10.3. The van der Waals surface area contributed by atoms with E-state index in [0.717, 1.165) is 10.9 Å². The van der Waals surface area contributed by atoms with Crippen molar-refractivity contribution in [3.05, 3.63) is 29.3 Å². The van der Waals surface area contributed by atoms with Gasteiger partial charge in [0, 0.05) is 15.9 Å². The van der Waals surface area contributed by atoms with Crippen molar-refractivity contribution >= 4 is 39.9 Å². The minimum atomic E-state index is -1.06. The normalized spacial score (nSPS) is 12.0. The number of fused-ring (bicyclic) bond motifs is 3. The van der Waals surface area contributed by atoms with Crippen molar-refractivity contribution in [3.8, 4) is 0 Å². The van der Waals surface area contributed by atoms with E-state index in [4.69, 9.17) is 11.6 Å². The highest BCUT2D eigenvalue weighted by atomic mass is 35.5. The molecule has 22 heavy (non-hydrogen) atoms. The number of carbonyl (C=O) groups is 1. The Bertz CT molecular complexity index is 884. The van der Waals surface area contributed by atoms with E-state index in [1.54, 1.807) is 18.2 Å². The molecule has 0 aliphatic heterocycles. The molecule has 1 amide bonds. The van der Waals surface area contributed by atoms with E-state index in [1.165, 1.54) is 9.42 Å². The predicted molar refractivity (Wildman–Crippen MR) is 83.6 cm³/mol. The molecule has 0 atom stereocenters. The standard InChI is InChI=1S/C14H14ClN5O2/c1-14(2,3)19(13(21)22)11-6-8-4-5-9(15)7-10(8)20-12(11)16-17-18-20/h4-7H,1-3H3,(H,21,22). The Kier molecular flexibility index (Phi) is 3.17. The largest absolute Gasteiger partial charge is 0.465 e. The maximum atomic E-state index is 11.7. The quantitative estimate of drug-likeness (QED) is 0.744. The molecule has 0 saturated carbocycles. The van der Waals surface area contributed by atoms with Crippen molar-refractivity contribution in [2.75, 3.05) is 4.90 Å². The lowest BCUT2D eigenvalue weighted by Gasteiger charge is -2.33. The fourth-order valence-electron chi connectivity index (χ4n) is 2.46. The number of pyridine rings is 1. The molecule has 7 nitrogen and oxygen atoms in total. The summed E-state index contributed by atoms with van der Waals surface area (Å²) in [6, 6.07) is 7.06. The van der Waals surface area contributed by atoms with Crippen LogP contribution in [0, 0.1) is 0 Å². The molecule has 0 bridgehead atoms. The summed E-state index contributed by atoms with van der Waals surface area (Å²) < 4.78 is 1.50. The van der Waals surface area contributed by atoms with Crippen LogP contribution in [0.15, 0.2) is 24.3 Å². The molecule has 3 rings (SSSR count). The van der Waals surface area contributed by atoms with Crippen LogP contribution in [0.3, 0.4) is 0 Å². The van der Waals surface area contributed by atoms with Gasteiger partial charge in [0.2, 0.25) is 5.65 Å². The first-order valence-electron chi connectivity index (χ1n) is 6.62. The molecular weight excluding hydrogens is 306 g/mol. The number of hydrogen-bond donors (Lipinski definition) is 1. The Hall–Kier alpha value is -2.41. The van der Waals surface area contributed by atoms with Gasteiger partial charge in [-0.2, -0.15) is 4.52 Å². The van der Waals surface area contributed by atoms with Crippen LogP contribution >= 0.6 is 11.6 Å². The molecule has 0 aliphatic carbocycles. The average Bonchev–Trinajstić information content (AvgIpc) is 2.87. The number of nitrogens with zero attached hydrogens (tertiary/aromatic N) is 5. The van der Waals surface area contributed by atoms with Crippen LogP contribution in [-0.2, 0) is 0 Å². The van der Waals surface area contributed by atoms with E-state index in [-0.39, 0.29) is 0 Å². The summed E-state index contributed by atoms with van der Waals surface area (Å²) >= 11 is 6.02. The zero-order valence-corrected chi connectivity index (χ0v) is 13.0. The Morgan fingerprint density at radius 3 is 2.68 bits per heavy atom. The number of halogens is 1. The molecular formula is C14H14ClN5O2. The van der Waals surface area contributed by atoms with Gasteiger partial charge in [0.25, 0.3) is 0 Å². The maximum Gasteiger partial charge on any atom is 0.412 e. The van der Waals surface area contributed by atoms with Gasteiger partial charge in [-0.05, 0) is 49.4 Å². The molecule has 1 aromatic carbocycles. The van der Waals surface area contributed by atoms with Crippen LogP contribution in [0.25, 0.3) is 16.6 Å². The van der Waals surface area contributed by atoms with E-state index in [9.17, 15) is 9.90 Å². The highest BCUT2D eigenvalue weighted by Crippen LogP contribution is 2.31. The molecule has 1 N–H and O–H groups in total. The van der Waals surface area contributed by atoms with E-state index in [0.29, 0.717) is 16.4 Å². The molecule has 0 aliphatic rings. The smallest absolute Gasteiger partial charge is 0.412 e. The number of tetrazole rings is 1. The van der Waals surface area contributed by atoms with Gasteiger partial charge < -0.3 is 5.11 Å². The van der Waals surface area contributed by atoms with Crippen molar-refractivity contribution in [3.63, 3.8) is 0 Å². The highest BCUT2D eigenvalue weighted by Gasteiger charge is 2.31. The molecule has 0 saturated heterocycles. The number of rotatable bonds is 1. The summed E-state index contributed by atoms with van der Waals surface area (Å²) in [5, 5.41) is 22.5. The van der Waals surface area contributed by atoms with E-state index in [2.05, 4.69) is 15.5 Å².